The smallest absolute Gasteiger partial charge is 0.165 e. The van der Waals surface area contributed by atoms with Gasteiger partial charge in [0.15, 0.2) is 5.75 Å². The average molecular weight is 233 g/mol. The van der Waals surface area contributed by atoms with Gasteiger partial charge in [-0.3, -0.25) is 4.68 Å². The molecule has 2 rings (SSSR count). The van der Waals surface area contributed by atoms with Crippen molar-refractivity contribution in [2.24, 2.45) is 0 Å². The lowest BCUT2D eigenvalue weighted by Gasteiger charge is -2.03. The third kappa shape index (κ3) is 2.98. The molecule has 5 nitrogen and oxygen atoms in total. The normalized spacial score (nSPS) is 10.2. The standard InChI is InChI=1S/C12H15N3O2/c1-13-9-15-8-12(7-14-15)17-11-5-3-10(16-2)4-6-11/h3-8,13H,9H2,1-2H3. The van der Waals surface area contributed by atoms with Crippen LogP contribution in [0.3, 0.4) is 0 Å². The van der Waals surface area contributed by atoms with E-state index in [1.165, 1.54) is 0 Å². The molecule has 0 aliphatic carbocycles. The monoisotopic (exact) mass is 233 g/mol. The molecule has 0 fully saturated rings. The highest BCUT2D eigenvalue weighted by molar-refractivity contribution is 5.33. The molecular weight excluding hydrogens is 218 g/mol. The number of methoxy groups -OCH3 is 1. The van der Waals surface area contributed by atoms with Crippen LogP contribution in [0.15, 0.2) is 36.7 Å². The Kier molecular flexibility index (Phi) is 3.62. The molecule has 0 atom stereocenters. The summed E-state index contributed by atoms with van der Waals surface area (Å²) >= 11 is 0. The van der Waals surface area contributed by atoms with E-state index >= 15 is 0 Å². The fraction of sp³-hybridized carbons (Fsp3) is 0.250. The van der Waals surface area contributed by atoms with Crippen LogP contribution >= 0.6 is 0 Å². The topological polar surface area (TPSA) is 48.3 Å². The summed E-state index contributed by atoms with van der Waals surface area (Å²) in [6, 6.07) is 7.42. The molecule has 0 aliphatic rings. The van der Waals surface area contributed by atoms with Crippen molar-refractivity contribution < 1.29 is 9.47 Å². The van der Waals surface area contributed by atoms with Gasteiger partial charge in [-0.15, -0.1) is 0 Å². The van der Waals surface area contributed by atoms with Crippen molar-refractivity contribution >= 4 is 0 Å². The van der Waals surface area contributed by atoms with Gasteiger partial charge in [-0.1, -0.05) is 0 Å². The highest BCUT2D eigenvalue weighted by atomic mass is 16.5. The minimum absolute atomic E-state index is 0.659. The van der Waals surface area contributed by atoms with Gasteiger partial charge in [0.2, 0.25) is 0 Å². The molecule has 1 aromatic carbocycles. The first-order chi connectivity index (χ1) is 8.31. The number of aromatic nitrogens is 2. The Bertz CT molecular complexity index is 465. The molecular formula is C12H15N3O2. The van der Waals surface area contributed by atoms with E-state index in [2.05, 4.69) is 10.4 Å². The fourth-order valence-corrected chi connectivity index (χ4v) is 1.43. The van der Waals surface area contributed by atoms with E-state index in [1.54, 1.807) is 18.0 Å². The molecule has 0 saturated carbocycles. The maximum atomic E-state index is 5.64. The van der Waals surface area contributed by atoms with Crippen LogP contribution in [-0.4, -0.2) is 23.9 Å². The van der Waals surface area contributed by atoms with Gasteiger partial charge in [0.1, 0.15) is 11.5 Å². The molecule has 0 spiro atoms. The van der Waals surface area contributed by atoms with Crippen molar-refractivity contribution in [2.75, 3.05) is 14.2 Å². The molecule has 0 bridgehead atoms. The summed E-state index contributed by atoms with van der Waals surface area (Å²) in [4.78, 5) is 0. The number of ether oxygens (including phenoxy) is 2. The lowest BCUT2D eigenvalue weighted by molar-refractivity contribution is 0.413. The van der Waals surface area contributed by atoms with Crippen LogP contribution in [0.25, 0.3) is 0 Å². The SMILES string of the molecule is CNCn1cc(Oc2ccc(OC)cc2)cn1. The second kappa shape index (κ2) is 5.36. The number of rotatable bonds is 5. The van der Waals surface area contributed by atoms with E-state index in [1.807, 2.05) is 37.5 Å². The first-order valence-electron chi connectivity index (χ1n) is 5.31. The Hall–Kier alpha value is -2.01. The van der Waals surface area contributed by atoms with Crippen LogP contribution in [0.5, 0.6) is 17.2 Å². The predicted molar refractivity (Wildman–Crippen MR) is 64.4 cm³/mol. The average Bonchev–Trinajstić information content (AvgIpc) is 2.78. The van der Waals surface area contributed by atoms with Crippen LogP contribution in [0.2, 0.25) is 0 Å². The molecule has 0 aliphatic heterocycles. The number of benzene rings is 1. The van der Waals surface area contributed by atoms with Crippen molar-refractivity contribution in [3.05, 3.63) is 36.7 Å². The van der Waals surface area contributed by atoms with E-state index < -0.39 is 0 Å². The Balaban J connectivity index is 2.03. The number of nitrogens with one attached hydrogen (secondary N) is 1. The van der Waals surface area contributed by atoms with Gasteiger partial charge in [-0.2, -0.15) is 5.10 Å². The zero-order valence-electron chi connectivity index (χ0n) is 9.88. The second-order valence-electron chi connectivity index (χ2n) is 3.50. The summed E-state index contributed by atoms with van der Waals surface area (Å²) in [7, 11) is 3.50. The summed E-state index contributed by atoms with van der Waals surface area (Å²) in [5.41, 5.74) is 0. The molecule has 17 heavy (non-hydrogen) atoms. The molecule has 1 aromatic heterocycles. The van der Waals surface area contributed by atoms with Gasteiger partial charge < -0.3 is 14.8 Å². The van der Waals surface area contributed by atoms with E-state index in [4.69, 9.17) is 9.47 Å². The highest BCUT2D eigenvalue weighted by Crippen LogP contribution is 2.22. The van der Waals surface area contributed by atoms with Crippen LogP contribution in [0.1, 0.15) is 0 Å². The number of hydrogen-bond acceptors (Lipinski definition) is 4. The van der Waals surface area contributed by atoms with Crippen LogP contribution in [-0.2, 0) is 6.67 Å². The van der Waals surface area contributed by atoms with Crippen molar-refractivity contribution in [3.8, 4) is 17.2 Å². The molecule has 1 heterocycles. The van der Waals surface area contributed by atoms with Crippen LogP contribution in [0.4, 0.5) is 0 Å². The Morgan fingerprint density at radius 2 is 1.88 bits per heavy atom. The maximum Gasteiger partial charge on any atom is 0.165 e. The van der Waals surface area contributed by atoms with Crippen molar-refractivity contribution in [1.82, 2.24) is 15.1 Å². The largest absolute Gasteiger partial charge is 0.497 e. The van der Waals surface area contributed by atoms with Crippen molar-refractivity contribution in [3.63, 3.8) is 0 Å². The maximum absolute atomic E-state index is 5.64. The van der Waals surface area contributed by atoms with Gasteiger partial charge in [0.25, 0.3) is 0 Å². The third-order valence-electron chi connectivity index (χ3n) is 2.22. The van der Waals surface area contributed by atoms with Gasteiger partial charge >= 0.3 is 0 Å². The minimum Gasteiger partial charge on any atom is -0.497 e. The fourth-order valence-electron chi connectivity index (χ4n) is 1.43. The van der Waals surface area contributed by atoms with Crippen molar-refractivity contribution in [2.45, 2.75) is 6.67 Å². The first kappa shape index (κ1) is 11.5. The second-order valence-corrected chi connectivity index (χ2v) is 3.50. The first-order valence-corrected chi connectivity index (χ1v) is 5.31. The summed E-state index contributed by atoms with van der Waals surface area (Å²) in [6.45, 7) is 0.659. The summed E-state index contributed by atoms with van der Waals surface area (Å²) in [5.74, 6) is 2.28. The van der Waals surface area contributed by atoms with E-state index in [9.17, 15) is 0 Å². The molecule has 1 N–H and O–H groups in total. The summed E-state index contributed by atoms with van der Waals surface area (Å²) < 4.78 is 12.5. The quantitative estimate of drug-likeness (QED) is 0.856. The lowest BCUT2D eigenvalue weighted by Crippen LogP contribution is -2.12. The van der Waals surface area contributed by atoms with E-state index in [0.717, 1.165) is 11.5 Å². The molecule has 0 unspecified atom stereocenters. The highest BCUT2D eigenvalue weighted by Gasteiger charge is 2.01. The minimum atomic E-state index is 0.659. The van der Waals surface area contributed by atoms with E-state index in [0.29, 0.717) is 12.4 Å². The Morgan fingerprint density at radius 1 is 1.18 bits per heavy atom. The van der Waals surface area contributed by atoms with Gasteiger partial charge in [-0.05, 0) is 31.3 Å². The van der Waals surface area contributed by atoms with E-state index in [-0.39, 0.29) is 0 Å². The number of nitrogens with zero attached hydrogens (tertiary/aromatic N) is 2. The molecule has 0 radical (unpaired) electrons. The van der Waals surface area contributed by atoms with Crippen LogP contribution < -0.4 is 14.8 Å². The Morgan fingerprint density at radius 3 is 2.53 bits per heavy atom. The molecule has 0 saturated heterocycles. The zero-order valence-corrected chi connectivity index (χ0v) is 9.88. The summed E-state index contributed by atoms with van der Waals surface area (Å²) in [6.07, 6.45) is 3.52. The molecule has 5 heteroatoms. The summed E-state index contributed by atoms with van der Waals surface area (Å²) in [5, 5.41) is 7.14. The molecule has 90 valence electrons. The van der Waals surface area contributed by atoms with Crippen molar-refractivity contribution in [1.29, 1.82) is 0 Å². The van der Waals surface area contributed by atoms with Gasteiger partial charge in [0, 0.05) is 0 Å². The zero-order chi connectivity index (χ0) is 12.1. The Labute approximate surface area is 100.0 Å². The van der Waals surface area contributed by atoms with Gasteiger partial charge in [-0.25, -0.2) is 0 Å². The molecule has 0 amide bonds. The van der Waals surface area contributed by atoms with Gasteiger partial charge in [0.05, 0.1) is 26.2 Å². The van der Waals surface area contributed by atoms with Crippen LogP contribution in [0, 0.1) is 0 Å². The number of hydrogen-bond donors (Lipinski definition) is 1. The third-order valence-corrected chi connectivity index (χ3v) is 2.22. The predicted octanol–water partition coefficient (Wildman–Crippen LogP) is 1.86. The lowest BCUT2D eigenvalue weighted by atomic mass is 10.3. The molecule has 2 aromatic rings.